The highest BCUT2D eigenvalue weighted by Gasteiger charge is 2.25. The first kappa shape index (κ1) is 44.4. The first-order valence-corrected chi connectivity index (χ1v) is 25.2. The predicted octanol–water partition coefficient (Wildman–Crippen LogP) is 19.2. The quantitative estimate of drug-likeness (QED) is 0.141. The number of nitrogens with zero attached hydrogens (tertiary/aromatic N) is 4. The third kappa shape index (κ3) is 6.50. The number of para-hydroxylation sites is 2. The molecule has 0 radical (unpaired) electrons. The molecule has 4 aromatic heterocycles. The fourth-order valence-electron chi connectivity index (χ4n) is 11.9. The Bertz CT molecular complexity index is 4200. The molecule has 0 aliphatic heterocycles. The summed E-state index contributed by atoms with van der Waals surface area (Å²) >= 11 is 0. The highest BCUT2D eigenvalue weighted by atomic mass is 15.2. The molecule has 0 N–H and O–H groups in total. The number of allylic oxidation sites excluding steroid dienone is 4. The van der Waals surface area contributed by atoms with Crippen LogP contribution >= 0.6 is 0 Å². The number of fused-ring (bicyclic) bond motifs is 12. The Balaban J connectivity index is 1.11. The standard InChI is InChI=1S/C67H62N4/c1-36(2)45(11)37(3)25-44(10)68(51-26-38(4)46(12)39(5)27-51)49-21-23-54-56-17-15-19-58-60-35-65-61(34-64(60)70(66(56)58)62(54)32-49)59-20-16-18-57-55-24-22-50(33-63(55)71(65)67(57)59)69(52-28-40(6)47(13)41(7)29-52)53-30-42(8)48(14)43(9)31-53/h15-35H,10H2,1-9,11-14H3/b37-25-. The zero-order valence-corrected chi connectivity index (χ0v) is 43.6. The molecule has 0 amide bonds. The number of hydrogen-bond donors (Lipinski definition) is 0. The van der Waals surface area contributed by atoms with Crippen LogP contribution in [0.5, 0.6) is 0 Å². The van der Waals surface area contributed by atoms with Gasteiger partial charge < -0.3 is 18.6 Å². The maximum Gasteiger partial charge on any atom is 0.0620 e. The highest BCUT2D eigenvalue weighted by molar-refractivity contribution is 6.29. The van der Waals surface area contributed by atoms with Crippen LogP contribution in [0.1, 0.15) is 77.8 Å². The molecule has 4 heterocycles. The van der Waals surface area contributed by atoms with Gasteiger partial charge in [0.05, 0.1) is 33.1 Å². The Morgan fingerprint density at radius 2 is 0.761 bits per heavy atom. The van der Waals surface area contributed by atoms with E-state index in [2.05, 4.69) is 236 Å². The van der Waals surface area contributed by atoms with Gasteiger partial charge >= 0.3 is 0 Å². The number of rotatable bonds is 8. The third-order valence-corrected chi connectivity index (χ3v) is 16.8. The number of aromatic nitrogens is 2. The lowest BCUT2D eigenvalue weighted by Crippen LogP contribution is -2.15. The fraction of sp³-hybridized carbons (Fsp3) is 0.194. The van der Waals surface area contributed by atoms with Crippen molar-refractivity contribution in [2.75, 3.05) is 9.80 Å². The third-order valence-electron chi connectivity index (χ3n) is 16.8. The molecule has 0 unspecified atom stereocenters. The number of hydrogen-bond acceptors (Lipinski definition) is 2. The second kappa shape index (κ2) is 15.8. The monoisotopic (exact) mass is 922 g/mol. The van der Waals surface area contributed by atoms with E-state index >= 15 is 0 Å². The van der Waals surface area contributed by atoms with Crippen molar-refractivity contribution in [3.63, 3.8) is 0 Å². The smallest absolute Gasteiger partial charge is 0.0620 e. The molecule has 0 aliphatic carbocycles. The Hall–Kier alpha value is -7.82. The van der Waals surface area contributed by atoms with Crippen LogP contribution in [0.2, 0.25) is 0 Å². The lowest BCUT2D eigenvalue weighted by atomic mass is 10.00. The van der Waals surface area contributed by atoms with Crippen LogP contribution in [0.4, 0.5) is 28.4 Å². The molecule has 0 aliphatic rings. The largest absolute Gasteiger partial charge is 0.311 e. The van der Waals surface area contributed by atoms with Crippen molar-refractivity contribution in [2.45, 2.75) is 90.0 Å². The van der Waals surface area contributed by atoms with E-state index in [-0.39, 0.29) is 0 Å². The second-order valence-corrected chi connectivity index (χ2v) is 21.1. The van der Waals surface area contributed by atoms with Gasteiger partial charge in [0.2, 0.25) is 0 Å². The van der Waals surface area contributed by atoms with E-state index in [1.165, 1.54) is 154 Å². The van der Waals surface area contributed by atoms with Gasteiger partial charge in [-0.05, 0) is 230 Å². The average molecular weight is 923 g/mol. The molecular formula is C67H62N4. The molecule has 71 heavy (non-hydrogen) atoms. The Kier molecular flexibility index (Phi) is 9.91. The van der Waals surface area contributed by atoms with Gasteiger partial charge in [-0.25, -0.2) is 0 Å². The van der Waals surface area contributed by atoms with Crippen molar-refractivity contribution in [3.05, 3.63) is 206 Å². The number of aryl methyl sites for hydroxylation is 6. The van der Waals surface area contributed by atoms with Gasteiger partial charge in [-0.15, -0.1) is 0 Å². The van der Waals surface area contributed by atoms with Crippen molar-refractivity contribution in [1.29, 1.82) is 0 Å². The van der Waals surface area contributed by atoms with Gasteiger partial charge in [0.1, 0.15) is 0 Å². The minimum absolute atomic E-state index is 0.934. The van der Waals surface area contributed by atoms with Crippen molar-refractivity contribution in [2.24, 2.45) is 0 Å². The normalized spacial score (nSPS) is 12.4. The first-order chi connectivity index (χ1) is 34.0. The van der Waals surface area contributed by atoms with Gasteiger partial charge in [0, 0.05) is 77.2 Å². The number of anilines is 5. The molecule has 0 saturated heterocycles. The topological polar surface area (TPSA) is 15.3 Å². The summed E-state index contributed by atoms with van der Waals surface area (Å²) < 4.78 is 5.10. The first-order valence-electron chi connectivity index (χ1n) is 25.2. The number of benzene rings is 8. The Labute approximate surface area is 417 Å². The summed E-state index contributed by atoms with van der Waals surface area (Å²) in [5.74, 6) is 0. The summed E-state index contributed by atoms with van der Waals surface area (Å²) in [4.78, 5) is 4.82. The predicted molar refractivity (Wildman–Crippen MR) is 309 cm³/mol. The minimum atomic E-state index is 0.934. The lowest BCUT2D eigenvalue weighted by Gasteiger charge is -2.28. The maximum atomic E-state index is 4.76. The molecular weight excluding hydrogens is 861 g/mol. The summed E-state index contributed by atoms with van der Waals surface area (Å²) in [5.41, 5.74) is 29.6. The van der Waals surface area contributed by atoms with Gasteiger partial charge in [-0.2, -0.15) is 0 Å². The van der Waals surface area contributed by atoms with Crippen LogP contribution in [-0.4, -0.2) is 8.80 Å². The van der Waals surface area contributed by atoms with E-state index in [0.717, 1.165) is 22.8 Å². The van der Waals surface area contributed by atoms with Crippen LogP contribution < -0.4 is 9.80 Å². The molecule has 0 fully saturated rings. The molecule has 4 heteroatoms. The van der Waals surface area contributed by atoms with Crippen molar-refractivity contribution in [3.8, 4) is 0 Å². The SMILES string of the molecule is C=C(/C=C(/C)C(C)=C(C)C)N(c1cc(C)c(C)c(C)c1)c1ccc2c3cccc4c5cc6c(cc5n(c2c1)c34)c1cccc2c3ccc(N(c4cc(C)c(C)c(C)c4)c4cc(C)c(C)c(C)c4)cc3n6c21. The molecule has 0 spiro atoms. The maximum absolute atomic E-state index is 4.76. The molecule has 12 aromatic rings. The Morgan fingerprint density at radius 1 is 0.394 bits per heavy atom. The van der Waals surface area contributed by atoms with E-state index < -0.39 is 0 Å². The van der Waals surface area contributed by atoms with E-state index in [4.69, 9.17) is 6.58 Å². The zero-order valence-electron chi connectivity index (χ0n) is 43.6. The molecule has 350 valence electrons. The van der Waals surface area contributed by atoms with Gasteiger partial charge in [-0.1, -0.05) is 60.7 Å². The van der Waals surface area contributed by atoms with E-state index in [1.54, 1.807) is 0 Å². The summed E-state index contributed by atoms with van der Waals surface area (Å²) in [6.07, 6.45) is 2.25. The van der Waals surface area contributed by atoms with Crippen LogP contribution in [0.3, 0.4) is 0 Å². The van der Waals surface area contributed by atoms with E-state index in [1.807, 2.05) is 0 Å². The molecule has 12 rings (SSSR count). The van der Waals surface area contributed by atoms with Gasteiger partial charge in [0.25, 0.3) is 0 Å². The van der Waals surface area contributed by atoms with Crippen molar-refractivity contribution in [1.82, 2.24) is 8.80 Å². The highest BCUT2D eigenvalue weighted by Crippen LogP contribution is 2.47. The molecule has 0 bridgehead atoms. The van der Waals surface area contributed by atoms with Crippen LogP contribution in [0.25, 0.3) is 76.2 Å². The molecule has 4 nitrogen and oxygen atoms in total. The summed E-state index contributed by atoms with van der Waals surface area (Å²) in [5, 5.41) is 10.1. The van der Waals surface area contributed by atoms with Crippen molar-refractivity contribution < 1.29 is 0 Å². The lowest BCUT2D eigenvalue weighted by molar-refractivity contribution is 1.16. The molecule has 8 aromatic carbocycles. The fourth-order valence-corrected chi connectivity index (χ4v) is 11.9. The summed E-state index contributed by atoms with van der Waals surface area (Å²) in [6.45, 7) is 33.6. The summed E-state index contributed by atoms with van der Waals surface area (Å²) in [7, 11) is 0. The van der Waals surface area contributed by atoms with E-state index in [9.17, 15) is 0 Å². The second-order valence-electron chi connectivity index (χ2n) is 21.1. The van der Waals surface area contributed by atoms with Crippen LogP contribution in [0.15, 0.2) is 156 Å². The zero-order chi connectivity index (χ0) is 49.6. The van der Waals surface area contributed by atoms with Crippen LogP contribution in [-0.2, 0) is 0 Å². The van der Waals surface area contributed by atoms with Gasteiger partial charge in [-0.3, -0.25) is 0 Å². The van der Waals surface area contributed by atoms with E-state index in [0.29, 0.717) is 0 Å². The minimum Gasteiger partial charge on any atom is -0.311 e. The molecule has 0 atom stereocenters. The summed E-state index contributed by atoms with van der Waals surface area (Å²) in [6, 6.07) is 46.9. The Morgan fingerprint density at radius 3 is 1.18 bits per heavy atom. The van der Waals surface area contributed by atoms with Crippen molar-refractivity contribution >= 4 is 105 Å². The van der Waals surface area contributed by atoms with Crippen LogP contribution in [0, 0.1) is 62.3 Å². The average Bonchev–Trinajstić information content (AvgIpc) is 4.06. The van der Waals surface area contributed by atoms with Gasteiger partial charge in [0.15, 0.2) is 0 Å². The molecule has 0 saturated carbocycles.